The van der Waals surface area contributed by atoms with Gasteiger partial charge in [-0.2, -0.15) is 0 Å². The molecule has 31 heavy (non-hydrogen) atoms. The van der Waals surface area contributed by atoms with Crippen molar-refractivity contribution in [1.29, 1.82) is 0 Å². The van der Waals surface area contributed by atoms with Gasteiger partial charge in [-0.15, -0.1) is 6.42 Å². The van der Waals surface area contributed by atoms with Crippen molar-refractivity contribution in [3.63, 3.8) is 0 Å². The summed E-state index contributed by atoms with van der Waals surface area (Å²) < 4.78 is 28.6. The van der Waals surface area contributed by atoms with Crippen LogP contribution in [0.3, 0.4) is 0 Å². The van der Waals surface area contributed by atoms with Crippen molar-refractivity contribution >= 4 is 38.3 Å². The molecule has 1 atom stereocenters. The molecule has 0 bridgehead atoms. The lowest BCUT2D eigenvalue weighted by atomic mass is 10.1. The number of carboxylic acid groups (broad SMARTS) is 1. The van der Waals surface area contributed by atoms with Crippen LogP contribution in [0.5, 0.6) is 0 Å². The van der Waals surface area contributed by atoms with Gasteiger partial charge in [0.15, 0.2) is 0 Å². The number of hydrogen-bond donors (Lipinski definition) is 2. The van der Waals surface area contributed by atoms with Crippen LogP contribution < -0.4 is 9.62 Å². The smallest absolute Gasteiger partial charge is 0.305 e. The van der Waals surface area contributed by atoms with Gasteiger partial charge in [0, 0.05) is 16.8 Å². The van der Waals surface area contributed by atoms with Gasteiger partial charge in [-0.3, -0.25) is 9.52 Å². The number of terminal acetylenes is 1. The first-order chi connectivity index (χ1) is 14.7. The summed E-state index contributed by atoms with van der Waals surface area (Å²) in [5.41, 5.74) is 0.959. The number of rotatable bonds is 8. The molecule has 0 aliphatic heterocycles. The minimum Gasteiger partial charge on any atom is -0.481 e. The molecule has 0 aliphatic rings. The lowest BCUT2D eigenvalue weighted by molar-refractivity contribution is -0.137. The highest BCUT2D eigenvalue weighted by atomic mass is 32.2. The predicted molar refractivity (Wildman–Crippen MR) is 122 cm³/mol. The molecule has 0 radical (unpaired) electrons. The first-order valence-electron chi connectivity index (χ1n) is 9.62. The molecule has 0 fully saturated rings. The number of fused-ring (bicyclic) bond motifs is 1. The quantitative estimate of drug-likeness (QED) is 0.522. The Morgan fingerprint density at radius 2 is 1.84 bits per heavy atom. The Morgan fingerprint density at radius 1 is 1.19 bits per heavy atom. The fourth-order valence-electron chi connectivity index (χ4n) is 3.45. The van der Waals surface area contributed by atoms with Crippen molar-refractivity contribution in [3.8, 4) is 12.3 Å². The van der Waals surface area contributed by atoms with Crippen LogP contribution in [0.2, 0.25) is 0 Å². The average Bonchev–Trinajstić information content (AvgIpc) is 2.72. The molecule has 0 aliphatic carbocycles. The molecule has 3 rings (SSSR count). The highest BCUT2D eigenvalue weighted by Crippen LogP contribution is 2.32. The van der Waals surface area contributed by atoms with E-state index in [1.54, 1.807) is 61.2 Å². The van der Waals surface area contributed by atoms with Crippen molar-refractivity contribution in [3.05, 3.63) is 60.3 Å². The zero-order chi connectivity index (χ0) is 22.6. The number of aryl methyl sites for hydroxylation is 1. The zero-order valence-electron chi connectivity index (χ0n) is 17.2. The maximum atomic E-state index is 13.0. The number of benzene rings is 2. The first-order valence-corrected chi connectivity index (χ1v) is 11.1. The first kappa shape index (κ1) is 22.1. The van der Waals surface area contributed by atoms with E-state index in [4.69, 9.17) is 6.42 Å². The van der Waals surface area contributed by atoms with Crippen LogP contribution >= 0.6 is 0 Å². The molecule has 0 saturated heterocycles. The minimum absolute atomic E-state index is 0.112. The molecule has 3 aromatic rings. The van der Waals surface area contributed by atoms with Crippen LogP contribution in [-0.2, 0) is 14.8 Å². The number of carboxylic acids is 1. The Labute approximate surface area is 181 Å². The summed E-state index contributed by atoms with van der Waals surface area (Å²) in [6.45, 7) is 3.66. The Balaban J connectivity index is 2.09. The number of anilines is 2. The standard InChI is InChI=1S/C23H23N3O4S/c1-4-13-26(17(3)14-22(27)28)23-19-11-7-6-10-18(19)20(15-24-23)25-31(29,30)21-12-8-5-9-16(21)2/h1,5-12,15,17,25H,13-14H2,2-3H3,(H,27,28)/t17-/m0/s1. The lowest BCUT2D eigenvalue weighted by Gasteiger charge is -2.29. The van der Waals surface area contributed by atoms with Crippen LogP contribution in [0.25, 0.3) is 10.8 Å². The largest absolute Gasteiger partial charge is 0.481 e. The molecule has 0 amide bonds. The summed E-state index contributed by atoms with van der Waals surface area (Å²) in [5.74, 6) is 2.11. The SMILES string of the molecule is C#CCN(c1ncc(NS(=O)(=O)c2ccccc2C)c2ccccc12)[C@@H](C)CC(=O)O. The molecular formula is C23H23N3O4S. The second-order valence-corrected chi connectivity index (χ2v) is 8.84. The van der Waals surface area contributed by atoms with E-state index in [0.717, 1.165) is 0 Å². The van der Waals surface area contributed by atoms with Gasteiger partial charge in [-0.05, 0) is 25.5 Å². The highest BCUT2D eigenvalue weighted by Gasteiger charge is 2.23. The number of pyridine rings is 1. The molecule has 0 unspecified atom stereocenters. The fourth-order valence-corrected chi connectivity index (χ4v) is 4.76. The molecule has 1 heterocycles. The van der Waals surface area contributed by atoms with Crippen molar-refractivity contribution < 1.29 is 18.3 Å². The third-order valence-electron chi connectivity index (χ3n) is 4.94. The number of aliphatic carboxylic acids is 1. The predicted octanol–water partition coefficient (Wildman–Crippen LogP) is 3.65. The molecule has 160 valence electrons. The van der Waals surface area contributed by atoms with E-state index >= 15 is 0 Å². The molecule has 0 saturated carbocycles. The summed E-state index contributed by atoms with van der Waals surface area (Å²) >= 11 is 0. The van der Waals surface area contributed by atoms with Crippen LogP contribution in [0.4, 0.5) is 11.5 Å². The third-order valence-corrected chi connectivity index (χ3v) is 6.46. The van der Waals surface area contributed by atoms with Crippen molar-refractivity contribution in [2.24, 2.45) is 0 Å². The molecule has 8 heteroatoms. The van der Waals surface area contributed by atoms with E-state index in [9.17, 15) is 18.3 Å². The maximum Gasteiger partial charge on any atom is 0.305 e. The Bertz CT molecular complexity index is 1270. The van der Waals surface area contributed by atoms with Crippen LogP contribution in [-0.4, -0.2) is 37.1 Å². The Kier molecular flexibility index (Phi) is 6.47. The Morgan fingerprint density at radius 3 is 2.48 bits per heavy atom. The second-order valence-electron chi connectivity index (χ2n) is 7.19. The summed E-state index contributed by atoms with van der Waals surface area (Å²) in [6, 6.07) is 13.5. The van der Waals surface area contributed by atoms with Gasteiger partial charge >= 0.3 is 5.97 Å². The van der Waals surface area contributed by atoms with E-state index in [2.05, 4.69) is 15.6 Å². The molecule has 0 spiro atoms. The van der Waals surface area contributed by atoms with Crippen LogP contribution in [0, 0.1) is 19.3 Å². The van der Waals surface area contributed by atoms with Crippen molar-refractivity contribution in [1.82, 2.24) is 4.98 Å². The van der Waals surface area contributed by atoms with Gasteiger partial charge < -0.3 is 10.0 Å². The van der Waals surface area contributed by atoms with E-state index in [1.807, 2.05) is 6.07 Å². The van der Waals surface area contributed by atoms with E-state index in [0.29, 0.717) is 27.8 Å². The van der Waals surface area contributed by atoms with E-state index < -0.39 is 22.0 Å². The number of sulfonamides is 1. The van der Waals surface area contributed by atoms with Gasteiger partial charge in [0.1, 0.15) is 5.82 Å². The number of aromatic nitrogens is 1. The van der Waals surface area contributed by atoms with Crippen molar-refractivity contribution in [2.75, 3.05) is 16.2 Å². The van der Waals surface area contributed by atoms with Crippen LogP contribution in [0.15, 0.2) is 59.6 Å². The van der Waals surface area contributed by atoms with Gasteiger partial charge in [0.2, 0.25) is 0 Å². The van der Waals surface area contributed by atoms with Gasteiger partial charge in [-0.25, -0.2) is 13.4 Å². The summed E-state index contributed by atoms with van der Waals surface area (Å²) in [4.78, 5) is 17.6. The summed E-state index contributed by atoms with van der Waals surface area (Å²) in [7, 11) is -3.82. The monoisotopic (exact) mass is 437 g/mol. The van der Waals surface area contributed by atoms with E-state index in [-0.39, 0.29) is 17.9 Å². The van der Waals surface area contributed by atoms with Crippen LogP contribution in [0.1, 0.15) is 18.9 Å². The number of carbonyl (C=O) groups is 1. The third kappa shape index (κ3) is 4.78. The summed E-state index contributed by atoms with van der Waals surface area (Å²) in [5, 5.41) is 10.5. The maximum absolute atomic E-state index is 13.0. The Hall–Kier alpha value is -3.57. The normalized spacial score (nSPS) is 12.2. The number of nitrogens with one attached hydrogen (secondary N) is 1. The van der Waals surface area contributed by atoms with Gasteiger partial charge in [0.05, 0.1) is 29.7 Å². The molecular weight excluding hydrogens is 414 g/mol. The highest BCUT2D eigenvalue weighted by molar-refractivity contribution is 7.92. The molecule has 7 nitrogen and oxygen atoms in total. The van der Waals surface area contributed by atoms with Gasteiger partial charge in [0.25, 0.3) is 10.0 Å². The minimum atomic E-state index is -3.82. The zero-order valence-corrected chi connectivity index (χ0v) is 18.1. The topological polar surface area (TPSA) is 99.6 Å². The molecule has 1 aromatic heterocycles. The molecule has 2 aromatic carbocycles. The van der Waals surface area contributed by atoms with Gasteiger partial charge in [-0.1, -0.05) is 48.4 Å². The van der Waals surface area contributed by atoms with E-state index in [1.165, 1.54) is 6.20 Å². The summed E-state index contributed by atoms with van der Waals surface area (Å²) in [6.07, 6.45) is 6.84. The average molecular weight is 438 g/mol. The lowest BCUT2D eigenvalue weighted by Crippen LogP contribution is -2.36. The molecule has 2 N–H and O–H groups in total. The fraction of sp³-hybridized carbons (Fsp3) is 0.217. The second kappa shape index (κ2) is 9.06. The number of hydrogen-bond acceptors (Lipinski definition) is 5. The van der Waals surface area contributed by atoms with Crippen molar-refractivity contribution in [2.45, 2.75) is 31.2 Å². The number of nitrogens with zero attached hydrogens (tertiary/aromatic N) is 2.